The second kappa shape index (κ2) is 12.1. The predicted octanol–water partition coefficient (Wildman–Crippen LogP) is 3.43. The van der Waals surface area contributed by atoms with E-state index in [1.807, 2.05) is 6.92 Å². The molecule has 1 saturated heterocycles. The maximum atomic E-state index is 11.9. The topological polar surface area (TPSA) is 73.8 Å². The number of nitrogens with zero attached hydrogens (tertiary/aromatic N) is 2. The Labute approximate surface area is 190 Å². The molecule has 0 bridgehead atoms. The summed E-state index contributed by atoms with van der Waals surface area (Å²) in [5.41, 5.74) is 1.44. The third-order valence-electron chi connectivity index (χ3n) is 5.66. The van der Waals surface area contributed by atoms with Crippen molar-refractivity contribution in [2.45, 2.75) is 63.8 Å². The molecule has 1 saturated carbocycles. The summed E-state index contributed by atoms with van der Waals surface area (Å²) in [6.07, 6.45) is 6.21. The Balaban J connectivity index is 0.00000300. The van der Waals surface area contributed by atoms with Gasteiger partial charge in [0.05, 0.1) is 6.54 Å². The van der Waals surface area contributed by atoms with Gasteiger partial charge in [-0.25, -0.2) is 0 Å². The molecule has 0 radical (unpaired) electrons. The molecule has 29 heavy (non-hydrogen) atoms. The Kier molecular flexibility index (Phi) is 9.90. The van der Waals surface area contributed by atoms with Crippen molar-refractivity contribution in [2.24, 2.45) is 4.99 Å². The van der Waals surface area contributed by atoms with E-state index in [-0.39, 0.29) is 35.8 Å². The second-order valence-corrected chi connectivity index (χ2v) is 7.66. The highest BCUT2D eigenvalue weighted by atomic mass is 127. The van der Waals surface area contributed by atoms with Crippen LogP contribution >= 0.6 is 24.0 Å². The Hall–Kier alpha value is -1.64. The molecule has 6 nitrogen and oxygen atoms in total. The highest BCUT2D eigenvalue weighted by Crippen LogP contribution is 2.32. The molecule has 2 aliphatic rings. The van der Waals surface area contributed by atoms with Crippen LogP contribution < -0.4 is 10.6 Å². The number of aliphatic imine (C=N–C) groups is 1. The number of hydrogen-bond donors (Lipinski definition) is 2. The summed E-state index contributed by atoms with van der Waals surface area (Å²) in [7, 11) is 0. The first-order valence-electron chi connectivity index (χ1n) is 10.6. The van der Waals surface area contributed by atoms with E-state index in [1.165, 1.54) is 23.3 Å². The zero-order valence-corrected chi connectivity index (χ0v) is 19.6. The molecule has 0 unspecified atom stereocenters. The van der Waals surface area contributed by atoms with Crippen LogP contribution in [0.25, 0.3) is 0 Å². The van der Waals surface area contributed by atoms with Crippen LogP contribution in [0, 0.1) is 0 Å². The minimum atomic E-state index is -0.0661. The van der Waals surface area contributed by atoms with Crippen LogP contribution in [-0.4, -0.2) is 48.3 Å². The normalized spacial score (nSPS) is 22.8. The van der Waals surface area contributed by atoms with E-state index in [0.717, 1.165) is 25.3 Å². The van der Waals surface area contributed by atoms with E-state index in [0.29, 0.717) is 44.3 Å². The predicted molar refractivity (Wildman–Crippen MR) is 127 cm³/mol. The lowest BCUT2D eigenvalue weighted by atomic mass is 9.82. The van der Waals surface area contributed by atoms with Crippen LogP contribution in [0.15, 0.2) is 35.3 Å². The molecular weight excluding hydrogens is 479 g/mol. The van der Waals surface area contributed by atoms with Crippen molar-refractivity contribution >= 4 is 41.8 Å². The van der Waals surface area contributed by atoms with Crippen LogP contribution in [-0.2, 0) is 9.59 Å². The highest BCUT2D eigenvalue weighted by Gasteiger charge is 2.25. The quantitative estimate of drug-likeness (QED) is 0.265. The summed E-state index contributed by atoms with van der Waals surface area (Å²) in [4.78, 5) is 29.8. The summed E-state index contributed by atoms with van der Waals surface area (Å²) >= 11 is 0. The van der Waals surface area contributed by atoms with Crippen molar-refractivity contribution < 1.29 is 9.59 Å². The molecule has 3 rings (SSSR count). The lowest BCUT2D eigenvalue weighted by molar-refractivity contribution is -0.147. The Bertz CT molecular complexity index is 671. The molecule has 1 heterocycles. The Morgan fingerprint density at radius 3 is 2.34 bits per heavy atom. The van der Waals surface area contributed by atoms with E-state index < -0.39 is 0 Å². The van der Waals surface area contributed by atoms with E-state index in [9.17, 15) is 9.59 Å². The number of nitrogens with one attached hydrogen (secondary N) is 2. The first kappa shape index (κ1) is 23.6. The van der Waals surface area contributed by atoms with Crippen LogP contribution in [0.1, 0.15) is 63.4 Å². The monoisotopic (exact) mass is 512 g/mol. The van der Waals surface area contributed by atoms with Crippen LogP contribution in [0.3, 0.4) is 0 Å². The van der Waals surface area contributed by atoms with Gasteiger partial charge in [-0.2, -0.15) is 0 Å². The van der Waals surface area contributed by atoms with Crippen LogP contribution in [0.5, 0.6) is 0 Å². The fourth-order valence-electron chi connectivity index (χ4n) is 4.12. The fourth-order valence-corrected chi connectivity index (χ4v) is 4.12. The first-order valence-corrected chi connectivity index (χ1v) is 10.6. The third-order valence-corrected chi connectivity index (χ3v) is 5.66. The van der Waals surface area contributed by atoms with Gasteiger partial charge in [0.15, 0.2) is 5.96 Å². The van der Waals surface area contributed by atoms with Crippen molar-refractivity contribution in [1.82, 2.24) is 15.5 Å². The molecule has 1 aliphatic carbocycles. The lowest BCUT2D eigenvalue weighted by Crippen LogP contribution is -2.45. The number of benzene rings is 1. The van der Waals surface area contributed by atoms with Gasteiger partial charge in [-0.05, 0) is 50.5 Å². The average molecular weight is 512 g/mol. The molecule has 160 valence electrons. The minimum absolute atomic E-state index is 0. The maximum absolute atomic E-state index is 11.9. The largest absolute Gasteiger partial charge is 0.357 e. The number of amides is 2. The van der Waals surface area contributed by atoms with Gasteiger partial charge in [0, 0.05) is 32.0 Å². The van der Waals surface area contributed by atoms with Gasteiger partial charge in [0.1, 0.15) is 0 Å². The first-order chi connectivity index (χ1) is 13.7. The standard InChI is InChI=1S/C22H32N4O2.HI/c1-2-23-22(24-15-16-26-20(27)9-6-10-21(26)28)25-19-13-11-18(12-14-19)17-7-4-3-5-8-17;/h3-5,7-8,18-19H,2,6,9-16H2,1H3,(H2,23,24,25);1H. The number of carbonyl (C=O) groups is 2. The summed E-state index contributed by atoms with van der Waals surface area (Å²) in [6, 6.07) is 11.2. The number of rotatable bonds is 6. The fraction of sp³-hybridized carbons (Fsp3) is 0.591. The van der Waals surface area contributed by atoms with Crippen molar-refractivity contribution in [3.05, 3.63) is 35.9 Å². The van der Waals surface area contributed by atoms with E-state index in [4.69, 9.17) is 0 Å². The van der Waals surface area contributed by atoms with Crippen molar-refractivity contribution in [1.29, 1.82) is 0 Å². The molecule has 0 aromatic heterocycles. The van der Waals surface area contributed by atoms with Crippen molar-refractivity contribution in [2.75, 3.05) is 19.6 Å². The number of imide groups is 1. The lowest BCUT2D eigenvalue weighted by Gasteiger charge is -2.30. The number of likely N-dealkylation sites (tertiary alicyclic amines) is 1. The van der Waals surface area contributed by atoms with Gasteiger partial charge in [0.25, 0.3) is 0 Å². The Morgan fingerprint density at radius 1 is 1.07 bits per heavy atom. The second-order valence-electron chi connectivity index (χ2n) is 7.66. The third kappa shape index (κ3) is 6.97. The van der Waals surface area contributed by atoms with E-state index in [1.54, 1.807) is 0 Å². The van der Waals surface area contributed by atoms with Crippen molar-refractivity contribution in [3.8, 4) is 0 Å². The molecule has 0 atom stereocenters. The number of carbonyl (C=O) groups excluding carboxylic acids is 2. The molecule has 2 amide bonds. The molecule has 7 heteroatoms. The molecule has 2 fully saturated rings. The molecule has 1 aliphatic heterocycles. The highest BCUT2D eigenvalue weighted by molar-refractivity contribution is 14.0. The SMILES string of the molecule is CCNC(=NCCN1C(=O)CCCC1=O)NC1CCC(c2ccccc2)CC1.I. The summed E-state index contributed by atoms with van der Waals surface area (Å²) < 4.78 is 0. The van der Waals surface area contributed by atoms with Gasteiger partial charge >= 0.3 is 0 Å². The van der Waals surface area contributed by atoms with Crippen molar-refractivity contribution in [3.63, 3.8) is 0 Å². The minimum Gasteiger partial charge on any atom is -0.357 e. The van der Waals surface area contributed by atoms with Gasteiger partial charge < -0.3 is 10.6 Å². The van der Waals surface area contributed by atoms with Gasteiger partial charge in [0.2, 0.25) is 11.8 Å². The summed E-state index contributed by atoms with van der Waals surface area (Å²) in [6.45, 7) is 3.63. The average Bonchev–Trinajstić information content (AvgIpc) is 2.71. The van der Waals surface area contributed by atoms with Gasteiger partial charge in [-0.3, -0.25) is 19.5 Å². The van der Waals surface area contributed by atoms with Gasteiger partial charge in [-0.15, -0.1) is 24.0 Å². The molecule has 1 aromatic carbocycles. The van der Waals surface area contributed by atoms with E-state index in [2.05, 4.69) is 46.0 Å². The smallest absolute Gasteiger partial charge is 0.229 e. The zero-order valence-electron chi connectivity index (χ0n) is 17.2. The molecule has 2 N–H and O–H groups in total. The zero-order chi connectivity index (χ0) is 19.8. The Morgan fingerprint density at radius 2 is 1.72 bits per heavy atom. The van der Waals surface area contributed by atoms with Gasteiger partial charge in [-0.1, -0.05) is 30.3 Å². The van der Waals surface area contributed by atoms with E-state index >= 15 is 0 Å². The number of piperidine rings is 1. The molecular formula is C22H33IN4O2. The summed E-state index contributed by atoms with van der Waals surface area (Å²) in [5.74, 6) is 1.30. The summed E-state index contributed by atoms with van der Waals surface area (Å²) in [5, 5.41) is 6.82. The van der Waals surface area contributed by atoms with Crippen LogP contribution in [0.2, 0.25) is 0 Å². The molecule has 0 spiro atoms. The number of guanidine groups is 1. The number of hydrogen-bond acceptors (Lipinski definition) is 3. The van der Waals surface area contributed by atoms with Crippen LogP contribution in [0.4, 0.5) is 0 Å². The molecule has 1 aromatic rings. The number of halogens is 1. The maximum Gasteiger partial charge on any atom is 0.229 e.